The lowest BCUT2D eigenvalue weighted by Crippen LogP contribution is -2.50. The fourth-order valence-corrected chi connectivity index (χ4v) is 4.96. The van der Waals surface area contributed by atoms with Gasteiger partial charge < -0.3 is 20.1 Å². The van der Waals surface area contributed by atoms with Crippen LogP contribution in [0.1, 0.15) is 17.5 Å². The smallest absolute Gasteiger partial charge is 0.475 e. The standard InChI is InChI=1S/C19H25N3OS.3C2HF3O2/c1-23-19-4-8-22(11-16-5-9-24-14-16)18-13-21(12-17(18)19)10-15-2-6-20-7-3-15;3*3-2(4,5)1(6)7/h2-3,5-7,9,14,17-19H,4,8,10-13H2,1H3;3*(H,6,7)/t17-,18+,19-;;;/m0.../s1. The topological polar surface area (TPSA) is 140 Å². The van der Waals surface area contributed by atoms with Crippen molar-refractivity contribution in [2.75, 3.05) is 26.7 Å². The lowest BCUT2D eigenvalue weighted by molar-refractivity contribution is -0.193. The molecule has 0 amide bonds. The number of carboxylic acids is 3. The Labute approximate surface area is 253 Å². The first-order valence-corrected chi connectivity index (χ1v) is 13.4. The maximum Gasteiger partial charge on any atom is 0.490 e. The molecule has 4 heterocycles. The molecule has 254 valence electrons. The summed E-state index contributed by atoms with van der Waals surface area (Å²) in [5.41, 5.74) is 2.80. The van der Waals surface area contributed by atoms with E-state index in [0.29, 0.717) is 18.1 Å². The summed E-state index contributed by atoms with van der Waals surface area (Å²) in [7, 11) is 1.88. The molecule has 2 aliphatic rings. The minimum atomic E-state index is -5.08. The van der Waals surface area contributed by atoms with Crippen molar-refractivity contribution in [3.63, 3.8) is 0 Å². The van der Waals surface area contributed by atoms with E-state index in [1.807, 2.05) is 19.5 Å². The molecule has 2 saturated heterocycles. The van der Waals surface area contributed by atoms with Crippen LogP contribution in [0.2, 0.25) is 0 Å². The van der Waals surface area contributed by atoms with Gasteiger partial charge in [-0.15, -0.1) is 0 Å². The van der Waals surface area contributed by atoms with Crippen LogP contribution in [0.5, 0.6) is 0 Å². The summed E-state index contributed by atoms with van der Waals surface area (Å²) < 4.78 is 101. The number of thiophene rings is 1. The highest BCUT2D eigenvalue weighted by atomic mass is 32.1. The third-order valence-electron chi connectivity index (χ3n) is 6.21. The number of carboxylic acid groups (broad SMARTS) is 3. The summed E-state index contributed by atoms with van der Waals surface area (Å²) in [6.07, 6.45) is -9.93. The van der Waals surface area contributed by atoms with E-state index in [0.717, 1.165) is 39.1 Å². The molecule has 0 saturated carbocycles. The molecule has 0 aliphatic carbocycles. The maximum absolute atomic E-state index is 10.6. The number of fused-ring (bicyclic) bond motifs is 1. The number of hydrogen-bond acceptors (Lipinski definition) is 8. The Bertz CT molecular complexity index is 1140. The van der Waals surface area contributed by atoms with Crippen molar-refractivity contribution in [2.45, 2.75) is 50.2 Å². The van der Waals surface area contributed by atoms with Gasteiger partial charge in [-0.3, -0.25) is 14.8 Å². The van der Waals surface area contributed by atoms with Gasteiger partial charge >= 0.3 is 36.4 Å². The number of aliphatic carboxylic acids is 3. The van der Waals surface area contributed by atoms with E-state index >= 15 is 0 Å². The summed E-state index contributed by atoms with van der Waals surface area (Å²) in [6, 6.07) is 7.11. The Balaban J connectivity index is 0.000000396. The van der Waals surface area contributed by atoms with E-state index in [9.17, 15) is 39.5 Å². The minimum Gasteiger partial charge on any atom is -0.475 e. The van der Waals surface area contributed by atoms with Crippen LogP contribution in [0, 0.1) is 5.92 Å². The van der Waals surface area contributed by atoms with Gasteiger partial charge in [0.05, 0.1) is 6.10 Å². The van der Waals surface area contributed by atoms with Crippen LogP contribution in [-0.2, 0) is 32.2 Å². The number of likely N-dealkylation sites (tertiary alicyclic amines) is 2. The number of halogens is 9. The third-order valence-corrected chi connectivity index (χ3v) is 6.94. The second kappa shape index (κ2) is 17.3. The van der Waals surface area contributed by atoms with E-state index in [4.69, 9.17) is 34.4 Å². The lowest BCUT2D eigenvalue weighted by Gasteiger charge is -2.41. The zero-order valence-corrected chi connectivity index (χ0v) is 24.0. The number of methoxy groups -OCH3 is 1. The molecule has 20 heteroatoms. The monoisotopic (exact) mass is 685 g/mol. The van der Waals surface area contributed by atoms with Gasteiger partial charge in [-0.1, -0.05) is 0 Å². The highest BCUT2D eigenvalue weighted by Gasteiger charge is 2.44. The first-order chi connectivity index (χ1) is 20.7. The first-order valence-electron chi connectivity index (χ1n) is 12.5. The molecule has 3 atom stereocenters. The fraction of sp³-hybridized carbons (Fsp3) is 0.520. The number of piperidine rings is 1. The van der Waals surface area contributed by atoms with Gasteiger partial charge in [0.15, 0.2) is 0 Å². The minimum absolute atomic E-state index is 0.399. The van der Waals surface area contributed by atoms with Crippen molar-refractivity contribution in [3.05, 3.63) is 52.5 Å². The Morgan fingerprint density at radius 1 is 0.844 bits per heavy atom. The molecular weight excluding hydrogens is 657 g/mol. The van der Waals surface area contributed by atoms with Gasteiger partial charge in [0, 0.05) is 64.2 Å². The molecule has 0 radical (unpaired) electrons. The van der Waals surface area contributed by atoms with Crippen LogP contribution < -0.4 is 0 Å². The zero-order chi connectivity index (χ0) is 34.6. The summed E-state index contributed by atoms with van der Waals surface area (Å²) in [6.45, 7) is 5.49. The van der Waals surface area contributed by atoms with Crippen molar-refractivity contribution >= 4 is 29.2 Å². The molecule has 2 fully saturated rings. The highest BCUT2D eigenvalue weighted by Crippen LogP contribution is 2.34. The molecule has 45 heavy (non-hydrogen) atoms. The molecule has 2 aromatic rings. The van der Waals surface area contributed by atoms with Crippen molar-refractivity contribution in [2.24, 2.45) is 5.92 Å². The number of carbonyl (C=O) groups is 3. The molecule has 0 aromatic carbocycles. The van der Waals surface area contributed by atoms with Crippen molar-refractivity contribution in [1.29, 1.82) is 0 Å². The summed E-state index contributed by atoms with van der Waals surface area (Å²) in [5, 5.41) is 25.8. The number of ether oxygens (including phenoxy) is 1. The largest absolute Gasteiger partial charge is 0.490 e. The maximum atomic E-state index is 10.6. The van der Waals surface area contributed by atoms with Gasteiger partial charge in [-0.05, 0) is 46.5 Å². The van der Waals surface area contributed by atoms with Gasteiger partial charge in [-0.25, -0.2) is 14.4 Å². The SMILES string of the molecule is CO[C@H]1CCN(Cc2ccsc2)[C@@H]2CN(Cc3ccncc3)C[C@H]12.O=C(O)C(F)(F)F.O=C(O)C(F)(F)F.O=C(O)C(F)(F)F. The van der Waals surface area contributed by atoms with Crippen LogP contribution in [0.4, 0.5) is 39.5 Å². The van der Waals surface area contributed by atoms with Gasteiger partial charge in [0.2, 0.25) is 0 Å². The summed E-state index contributed by atoms with van der Waals surface area (Å²) in [5.74, 6) is -7.66. The van der Waals surface area contributed by atoms with E-state index in [1.165, 1.54) is 11.1 Å². The number of hydrogen-bond donors (Lipinski definition) is 3. The zero-order valence-electron chi connectivity index (χ0n) is 23.1. The third kappa shape index (κ3) is 14.4. The molecule has 3 N–H and O–H groups in total. The molecule has 2 aliphatic heterocycles. The fourth-order valence-electron chi connectivity index (χ4n) is 4.30. The van der Waals surface area contributed by atoms with E-state index < -0.39 is 36.4 Å². The van der Waals surface area contributed by atoms with Gasteiger partial charge in [0.1, 0.15) is 0 Å². The van der Waals surface area contributed by atoms with Crippen LogP contribution >= 0.6 is 11.3 Å². The van der Waals surface area contributed by atoms with Crippen LogP contribution in [-0.4, -0.2) is 105 Å². The predicted octanol–water partition coefficient (Wildman–Crippen LogP) is 4.76. The van der Waals surface area contributed by atoms with Crippen LogP contribution in [0.25, 0.3) is 0 Å². The van der Waals surface area contributed by atoms with Crippen molar-refractivity contribution in [3.8, 4) is 0 Å². The van der Waals surface area contributed by atoms with Crippen LogP contribution in [0.3, 0.4) is 0 Å². The summed E-state index contributed by atoms with van der Waals surface area (Å²) >= 11 is 1.79. The number of rotatable bonds is 5. The molecular formula is C25H28F9N3O7S. The summed E-state index contributed by atoms with van der Waals surface area (Å²) in [4.78, 5) is 36.1. The van der Waals surface area contributed by atoms with E-state index in [-0.39, 0.29) is 0 Å². The first kappa shape index (κ1) is 39.5. The normalized spacial score (nSPS) is 20.3. The molecule has 10 nitrogen and oxygen atoms in total. The molecule has 0 unspecified atom stereocenters. The van der Waals surface area contributed by atoms with Gasteiger partial charge in [-0.2, -0.15) is 50.9 Å². The Morgan fingerprint density at radius 2 is 1.33 bits per heavy atom. The Hall–Kier alpha value is -3.49. The van der Waals surface area contributed by atoms with Gasteiger partial charge in [0.25, 0.3) is 0 Å². The average Bonchev–Trinajstić information content (AvgIpc) is 3.59. The van der Waals surface area contributed by atoms with Crippen molar-refractivity contribution < 1.29 is 74.0 Å². The molecule has 4 rings (SSSR count). The average molecular weight is 686 g/mol. The van der Waals surface area contributed by atoms with Crippen molar-refractivity contribution in [1.82, 2.24) is 14.8 Å². The molecule has 0 bridgehead atoms. The second-order valence-electron chi connectivity index (χ2n) is 9.35. The molecule has 0 spiro atoms. The number of nitrogens with zero attached hydrogens (tertiary/aromatic N) is 3. The highest BCUT2D eigenvalue weighted by molar-refractivity contribution is 7.07. The Morgan fingerprint density at radius 3 is 1.73 bits per heavy atom. The quantitative estimate of drug-likeness (QED) is 0.378. The van der Waals surface area contributed by atoms with E-state index in [2.05, 4.69) is 43.7 Å². The predicted molar refractivity (Wildman–Crippen MR) is 138 cm³/mol. The Kier molecular flexibility index (Phi) is 15.2. The lowest BCUT2D eigenvalue weighted by atomic mass is 9.89. The second-order valence-corrected chi connectivity index (χ2v) is 10.1. The van der Waals surface area contributed by atoms with E-state index in [1.54, 1.807) is 11.3 Å². The number of aromatic nitrogens is 1. The number of pyridine rings is 1. The van der Waals surface area contributed by atoms with Crippen LogP contribution in [0.15, 0.2) is 41.4 Å². The number of alkyl halides is 9. The molecule has 2 aromatic heterocycles.